The van der Waals surface area contributed by atoms with Crippen LogP contribution in [-0.4, -0.2) is 30.2 Å². The van der Waals surface area contributed by atoms with Crippen molar-refractivity contribution in [2.75, 3.05) is 17.2 Å². The Morgan fingerprint density at radius 2 is 2.11 bits per heavy atom. The summed E-state index contributed by atoms with van der Waals surface area (Å²) >= 11 is 12.1. The monoisotopic (exact) mass is 431 g/mol. The van der Waals surface area contributed by atoms with Crippen LogP contribution in [0.3, 0.4) is 0 Å². The third-order valence-electron chi connectivity index (χ3n) is 4.08. The van der Waals surface area contributed by atoms with Crippen LogP contribution in [0.15, 0.2) is 24.5 Å². The van der Waals surface area contributed by atoms with Gasteiger partial charge < -0.3 is 20.1 Å². The van der Waals surface area contributed by atoms with E-state index < -0.39 is 12.5 Å². The number of alkyl halides is 2. The van der Waals surface area contributed by atoms with Gasteiger partial charge in [0.2, 0.25) is 0 Å². The summed E-state index contributed by atoms with van der Waals surface area (Å²) < 4.78 is 35.9. The fraction of sp³-hybridized carbons (Fsp3) is 0.333. The van der Waals surface area contributed by atoms with Crippen molar-refractivity contribution in [3.05, 3.63) is 40.1 Å². The molecule has 1 amide bonds. The van der Waals surface area contributed by atoms with Gasteiger partial charge in [-0.15, -0.1) is 0 Å². The SMILES string of the molecule is CCC[C@H]1CNc2c(C(=O)Nc3c(Cl)cncc3Cl)ccc(OC(F)F)c2O1. The maximum atomic E-state index is 12.8. The Morgan fingerprint density at radius 1 is 1.39 bits per heavy atom. The third kappa shape index (κ3) is 4.39. The lowest BCUT2D eigenvalue weighted by atomic mass is 10.1. The van der Waals surface area contributed by atoms with E-state index in [1.807, 2.05) is 6.92 Å². The van der Waals surface area contributed by atoms with Crippen molar-refractivity contribution < 1.29 is 23.0 Å². The number of pyridine rings is 1. The van der Waals surface area contributed by atoms with Crippen molar-refractivity contribution in [2.45, 2.75) is 32.5 Å². The molecule has 2 aromatic rings. The zero-order chi connectivity index (χ0) is 20.3. The molecule has 6 nitrogen and oxygen atoms in total. The Bertz CT molecular complexity index is 863. The zero-order valence-corrected chi connectivity index (χ0v) is 16.3. The molecule has 1 aliphatic rings. The van der Waals surface area contributed by atoms with E-state index in [0.29, 0.717) is 6.54 Å². The highest BCUT2D eigenvalue weighted by molar-refractivity contribution is 6.39. The molecule has 0 saturated carbocycles. The molecule has 0 spiro atoms. The molecule has 0 fully saturated rings. The van der Waals surface area contributed by atoms with E-state index in [1.54, 1.807) is 0 Å². The topological polar surface area (TPSA) is 72.5 Å². The van der Waals surface area contributed by atoms with Gasteiger partial charge >= 0.3 is 6.61 Å². The van der Waals surface area contributed by atoms with Crippen molar-refractivity contribution in [3.8, 4) is 11.5 Å². The number of carbonyl (C=O) groups excluding carboxylic acids is 1. The second-order valence-corrected chi connectivity index (χ2v) is 6.85. The fourth-order valence-corrected chi connectivity index (χ4v) is 3.31. The van der Waals surface area contributed by atoms with E-state index in [2.05, 4.69) is 20.4 Å². The number of nitrogens with one attached hydrogen (secondary N) is 2. The van der Waals surface area contributed by atoms with Crippen molar-refractivity contribution in [3.63, 3.8) is 0 Å². The fourth-order valence-electron chi connectivity index (χ4n) is 2.85. The molecule has 28 heavy (non-hydrogen) atoms. The maximum absolute atomic E-state index is 12.8. The summed E-state index contributed by atoms with van der Waals surface area (Å²) in [7, 11) is 0. The molecule has 1 atom stereocenters. The molecule has 2 heterocycles. The standard InChI is InChI=1S/C18H17Cl2F2N3O3/c1-2-3-9-6-24-14-10(4-5-13(16(14)27-9)28-18(21)22)17(26)25-15-11(19)7-23-8-12(15)20/h4-5,7-9,18,24H,2-3,6H2,1H3,(H,23,25,26)/t9-/m0/s1. The van der Waals surface area contributed by atoms with Crippen molar-refractivity contribution in [2.24, 2.45) is 0 Å². The lowest BCUT2D eigenvalue weighted by Crippen LogP contribution is -2.32. The molecule has 10 heteroatoms. The average molecular weight is 432 g/mol. The molecule has 0 radical (unpaired) electrons. The number of aromatic nitrogens is 1. The highest BCUT2D eigenvalue weighted by Gasteiger charge is 2.28. The minimum Gasteiger partial charge on any atom is -0.483 e. The molecule has 2 N–H and O–H groups in total. The minimum atomic E-state index is -3.02. The van der Waals surface area contributed by atoms with E-state index in [-0.39, 0.29) is 44.6 Å². The molecule has 1 aromatic carbocycles. The largest absolute Gasteiger partial charge is 0.483 e. The summed E-state index contributed by atoms with van der Waals surface area (Å²) in [5, 5.41) is 6.03. The molecular formula is C18H17Cl2F2N3O3. The lowest BCUT2D eigenvalue weighted by molar-refractivity contribution is -0.0521. The van der Waals surface area contributed by atoms with Crippen LogP contribution in [0.4, 0.5) is 20.2 Å². The number of amides is 1. The number of anilines is 2. The number of benzene rings is 1. The first-order valence-electron chi connectivity index (χ1n) is 8.53. The first-order valence-corrected chi connectivity index (χ1v) is 9.29. The Kier molecular flexibility index (Phi) is 6.41. The first kappa shape index (κ1) is 20.4. The van der Waals surface area contributed by atoms with Crippen LogP contribution in [0.1, 0.15) is 30.1 Å². The number of rotatable bonds is 6. The van der Waals surface area contributed by atoms with Gasteiger partial charge in [0.25, 0.3) is 5.91 Å². The minimum absolute atomic E-state index is 0.0737. The highest BCUT2D eigenvalue weighted by Crippen LogP contribution is 2.42. The number of halogens is 4. The van der Waals surface area contributed by atoms with Crippen LogP contribution in [0, 0.1) is 0 Å². The number of hydrogen-bond acceptors (Lipinski definition) is 5. The smallest absolute Gasteiger partial charge is 0.387 e. The predicted molar refractivity (Wildman–Crippen MR) is 103 cm³/mol. The van der Waals surface area contributed by atoms with E-state index in [1.165, 1.54) is 24.5 Å². The summed E-state index contributed by atoms with van der Waals surface area (Å²) in [6.07, 6.45) is 4.04. The van der Waals surface area contributed by atoms with Gasteiger partial charge in [-0.1, -0.05) is 36.5 Å². The maximum Gasteiger partial charge on any atom is 0.387 e. The summed E-state index contributed by atoms with van der Waals surface area (Å²) in [4.78, 5) is 16.6. The number of nitrogens with zero attached hydrogens (tertiary/aromatic N) is 1. The van der Waals surface area contributed by atoms with Crippen LogP contribution in [0.25, 0.3) is 0 Å². The Labute approximate surface area is 170 Å². The van der Waals surface area contributed by atoms with Gasteiger partial charge in [-0.25, -0.2) is 0 Å². The zero-order valence-electron chi connectivity index (χ0n) is 14.8. The molecular weight excluding hydrogens is 415 g/mol. The summed E-state index contributed by atoms with van der Waals surface area (Å²) in [5.41, 5.74) is 0.644. The quantitative estimate of drug-likeness (QED) is 0.656. The van der Waals surface area contributed by atoms with Crippen LogP contribution in [-0.2, 0) is 0 Å². The number of ether oxygens (including phenoxy) is 2. The van der Waals surface area contributed by atoms with Crippen LogP contribution in [0.5, 0.6) is 11.5 Å². The molecule has 0 unspecified atom stereocenters. The summed E-state index contributed by atoms with van der Waals surface area (Å²) in [6.45, 7) is -0.606. The molecule has 0 bridgehead atoms. The van der Waals surface area contributed by atoms with Gasteiger partial charge in [-0.2, -0.15) is 8.78 Å². The normalized spacial score (nSPS) is 15.4. The molecule has 150 valence electrons. The van der Waals surface area contributed by atoms with Crippen molar-refractivity contribution in [1.29, 1.82) is 0 Å². The summed E-state index contributed by atoms with van der Waals surface area (Å²) in [5.74, 6) is -0.612. The van der Waals surface area contributed by atoms with Crippen LogP contribution < -0.4 is 20.1 Å². The molecule has 3 rings (SSSR count). The van der Waals surface area contributed by atoms with Gasteiger partial charge in [-0.05, 0) is 18.6 Å². The van der Waals surface area contributed by atoms with Gasteiger partial charge in [0, 0.05) is 12.4 Å². The van der Waals surface area contributed by atoms with Crippen molar-refractivity contribution in [1.82, 2.24) is 4.98 Å². The summed E-state index contributed by atoms with van der Waals surface area (Å²) in [6, 6.07) is 2.64. The Morgan fingerprint density at radius 3 is 2.75 bits per heavy atom. The number of hydrogen-bond donors (Lipinski definition) is 2. The average Bonchev–Trinajstić information content (AvgIpc) is 2.65. The number of carbonyl (C=O) groups is 1. The highest BCUT2D eigenvalue weighted by atomic mass is 35.5. The molecule has 1 aliphatic heterocycles. The van der Waals surface area contributed by atoms with Gasteiger partial charge in [0.1, 0.15) is 6.10 Å². The second kappa shape index (κ2) is 8.79. The Balaban J connectivity index is 1.95. The molecule has 1 aromatic heterocycles. The van der Waals surface area contributed by atoms with Gasteiger partial charge in [0.05, 0.1) is 33.5 Å². The molecule has 0 saturated heterocycles. The predicted octanol–water partition coefficient (Wildman–Crippen LogP) is 5.22. The van der Waals surface area contributed by atoms with E-state index >= 15 is 0 Å². The van der Waals surface area contributed by atoms with Crippen LogP contribution in [0.2, 0.25) is 10.0 Å². The third-order valence-corrected chi connectivity index (χ3v) is 4.65. The Hall–Kier alpha value is -2.32. The van der Waals surface area contributed by atoms with E-state index in [0.717, 1.165) is 12.8 Å². The second-order valence-electron chi connectivity index (χ2n) is 6.04. The van der Waals surface area contributed by atoms with Gasteiger partial charge in [-0.3, -0.25) is 9.78 Å². The first-order chi connectivity index (χ1) is 13.4. The number of fused-ring (bicyclic) bond motifs is 1. The van der Waals surface area contributed by atoms with Gasteiger partial charge in [0.15, 0.2) is 11.5 Å². The van der Waals surface area contributed by atoms with E-state index in [9.17, 15) is 13.6 Å². The van der Waals surface area contributed by atoms with Crippen LogP contribution >= 0.6 is 23.2 Å². The van der Waals surface area contributed by atoms with E-state index in [4.69, 9.17) is 27.9 Å². The van der Waals surface area contributed by atoms with Crippen molar-refractivity contribution >= 4 is 40.5 Å². The molecule has 0 aliphatic carbocycles. The lowest BCUT2D eigenvalue weighted by Gasteiger charge is -2.30.